The Morgan fingerprint density at radius 3 is 2.91 bits per heavy atom. The summed E-state index contributed by atoms with van der Waals surface area (Å²) < 4.78 is 5.27. The third-order valence-corrected chi connectivity index (χ3v) is 4.79. The van der Waals surface area contributed by atoms with Crippen LogP contribution in [0.4, 0.5) is 0 Å². The number of likely N-dealkylation sites (tertiary alicyclic amines) is 2. The number of furan rings is 1. The van der Waals surface area contributed by atoms with Crippen molar-refractivity contribution in [2.75, 3.05) is 13.1 Å². The third kappa shape index (κ3) is 2.31. The van der Waals surface area contributed by atoms with Crippen molar-refractivity contribution in [1.29, 1.82) is 0 Å². The molecule has 2 saturated heterocycles. The van der Waals surface area contributed by atoms with Crippen molar-refractivity contribution >= 4 is 5.91 Å². The molecule has 0 N–H and O–H groups in total. The van der Waals surface area contributed by atoms with Gasteiger partial charge in [0, 0.05) is 44.1 Å². The number of nitrogens with zero attached hydrogens (tertiary/aromatic N) is 3. The largest absolute Gasteiger partial charge is 0.459 e. The Labute approximate surface area is 129 Å². The molecule has 0 aliphatic carbocycles. The van der Waals surface area contributed by atoms with E-state index in [1.165, 1.54) is 5.56 Å². The summed E-state index contributed by atoms with van der Waals surface area (Å²) in [6.07, 6.45) is 7.36. The van der Waals surface area contributed by atoms with Crippen LogP contribution in [0.2, 0.25) is 0 Å². The average molecular weight is 297 g/mol. The van der Waals surface area contributed by atoms with Crippen molar-refractivity contribution in [2.45, 2.75) is 31.5 Å². The zero-order valence-corrected chi connectivity index (χ0v) is 12.4. The molecule has 0 radical (unpaired) electrons. The van der Waals surface area contributed by atoms with Gasteiger partial charge in [-0.05, 0) is 36.6 Å². The third-order valence-electron chi connectivity index (χ3n) is 4.79. The summed E-state index contributed by atoms with van der Waals surface area (Å²) in [5.74, 6) is 0.479. The molecule has 5 nitrogen and oxygen atoms in total. The summed E-state index contributed by atoms with van der Waals surface area (Å²) in [6.45, 7) is 2.77. The SMILES string of the molecule is O=C(c1ccco1)N1CC[C@H]2[C@H]1CCN2Cc1cccnc1. The van der Waals surface area contributed by atoms with Gasteiger partial charge < -0.3 is 9.32 Å². The first-order valence-corrected chi connectivity index (χ1v) is 7.80. The second kappa shape index (κ2) is 5.57. The Kier molecular flexibility index (Phi) is 3.42. The minimum Gasteiger partial charge on any atom is -0.459 e. The average Bonchev–Trinajstić information content (AvgIpc) is 3.26. The van der Waals surface area contributed by atoms with Crippen LogP contribution in [0, 0.1) is 0 Å². The molecule has 2 aromatic heterocycles. The van der Waals surface area contributed by atoms with Gasteiger partial charge in [-0.3, -0.25) is 14.7 Å². The van der Waals surface area contributed by atoms with Gasteiger partial charge in [0.25, 0.3) is 5.91 Å². The van der Waals surface area contributed by atoms with Crippen molar-refractivity contribution in [1.82, 2.24) is 14.8 Å². The smallest absolute Gasteiger partial charge is 0.289 e. The van der Waals surface area contributed by atoms with Gasteiger partial charge >= 0.3 is 0 Å². The van der Waals surface area contributed by atoms with Crippen molar-refractivity contribution in [3.63, 3.8) is 0 Å². The van der Waals surface area contributed by atoms with Crippen LogP contribution in [0.25, 0.3) is 0 Å². The quantitative estimate of drug-likeness (QED) is 0.871. The van der Waals surface area contributed by atoms with Crippen molar-refractivity contribution in [3.8, 4) is 0 Å². The lowest BCUT2D eigenvalue weighted by atomic mass is 10.1. The summed E-state index contributed by atoms with van der Waals surface area (Å²) in [5.41, 5.74) is 1.24. The number of rotatable bonds is 3. The molecule has 2 atom stereocenters. The number of carbonyl (C=O) groups excluding carboxylic acids is 1. The van der Waals surface area contributed by atoms with Gasteiger partial charge in [-0.15, -0.1) is 0 Å². The number of pyridine rings is 1. The predicted molar refractivity (Wildman–Crippen MR) is 81.2 cm³/mol. The first-order chi connectivity index (χ1) is 10.8. The molecule has 2 aliphatic rings. The van der Waals surface area contributed by atoms with E-state index in [2.05, 4.69) is 16.0 Å². The highest BCUT2D eigenvalue weighted by atomic mass is 16.3. The number of hydrogen-bond acceptors (Lipinski definition) is 4. The van der Waals surface area contributed by atoms with Crippen molar-refractivity contribution < 1.29 is 9.21 Å². The topological polar surface area (TPSA) is 49.6 Å². The fourth-order valence-electron chi connectivity index (χ4n) is 3.79. The lowest BCUT2D eigenvalue weighted by Gasteiger charge is -2.25. The van der Waals surface area contributed by atoms with E-state index >= 15 is 0 Å². The van der Waals surface area contributed by atoms with Crippen LogP contribution in [0.15, 0.2) is 47.3 Å². The van der Waals surface area contributed by atoms with Crippen LogP contribution in [-0.2, 0) is 6.54 Å². The van der Waals surface area contributed by atoms with Crippen LogP contribution >= 0.6 is 0 Å². The van der Waals surface area contributed by atoms with Crippen molar-refractivity contribution in [2.24, 2.45) is 0 Å². The second-order valence-corrected chi connectivity index (χ2v) is 6.02. The van der Waals surface area contributed by atoms with E-state index in [0.717, 1.165) is 32.5 Å². The number of hydrogen-bond donors (Lipinski definition) is 0. The molecular weight excluding hydrogens is 278 g/mol. The standard InChI is InChI=1S/C17H19N3O2/c21-17(16-4-2-10-22-16)20-9-6-14-15(20)5-8-19(14)12-13-3-1-7-18-11-13/h1-4,7,10-11,14-15H,5-6,8-9,12H2/t14-,15+/m0/s1. The van der Waals surface area contributed by atoms with Gasteiger partial charge in [-0.1, -0.05) is 6.07 Å². The molecule has 114 valence electrons. The first kappa shape index (κ1) is 13.5. The number of aromatic nitrogens is 1. The van der Waals surface area contributed by atoms with Crippen LogP contribution in [0.1, 0.15) is 29.0 Å². The minimum absolute atomic E-state index is 0.0285. The molecule has 0 spiro atoms. The number of fused-ring (bicyclic) bond motifs is 1. The molecule has 0 aromatic carbocycles. The molecule has 0 bridgehead atoms. The Hall–Kier alpha value is -2.14. The molecule has 2 aromatic rings. The van der Waals surface area contributed by atoms with Gasteiger partial charge in [0.1, 0.15) is 0 Å². The summed E-state index contributed by atoms with van der Waals surface area (Å²) in [6, 6.07) is 8.38. The highest BCUT2D eigenvalue weighted by Crippen LogP contribution is 2.33. The molecule has 4 heterocycles. The number of carbonyl (C=O) groups is 1. The lowest BCUT2D eigenvalue weighted by molar-refractivity contribution is 0.0699. The molecular formula is C17H19N3O2. The molecule has 2 fully saturated rings. The van der Waals surface area contributed by atoms with Gasteiger partial charge in [-0.2, -0.15) is 0 Å². The maximum atomic E-state index is 12.5. The van der Waals surface area contributed by atoms with Crippen LogP contribution in [0.3, 0.4) is 0 Å². The molecule has 4 rings (SSSR count). The first-order valence-electron chi connectivity index (χ1n) is 7.80. The lowest BCUT2D eigenvalue weighted by Crippen LogP contribution is -2.39. The van der Waals surface area contributed by atoms with E-state index in [1.807, 2.05) is 17.2 Å². The predicted octanol–water partition coefficient (Wildman–Crippen LogP) is 2.16. The van der Waals surface area contributed by atoms with Crippen LogP contribution < -0.4 is 0 Å². The van der Waals surface area contributed by atoms with E-state index in [9.17, 15) is 4.79 Å². The Bertz CT molecular complexity index is 641. The number of amides is 1. The fraction of sp³-hybridized carbons (Fsp3) is 0.412. The minimum atomic E-state index is 0.0285. The van der Waals surface area contributed by atoms with Crippen LogP contribution in [0.5, 0.6) is 0 Å². The Morgan fingerprint density at radius 2 is 2.14 bits per heavy atom. The maximum absolute atomic E-state index is 12.5. The highest BCUT2D eigenvalue weighted by molar-refractivity contribution is 5.92. The summed E-state index contributed by atoms with van der Waals surface area (Å²) in [4.78, 5) is 21.2. The van der Waals surface area contributed by atoms with E-state index in [4.69, 9.17) is 4.42 Å². The summed E-state index contributed by atoms with van der Waals surface area (Å²) in [7, 11) is 0. The van der Waals surface area contributed by atoms with E-state index in [1.54, 1.807) is 24.6 Å². The molecule has 1 amide bonds. The highest BCUT2D eigenvalue weighted by Gasteiger charge is 2.44. The molecule has 2 aliphatic heterocycles. The van der Waals surface area contributed by atoms with E-state index in [0.29, 0.717) is 17.8 Å². The Morgan fingerprint density at radius 1 is 1.23 bits per heavy atom. The molecule has 0 saturated carbocycles. The van der Waals surface area contributed by atoms with E-state index < -0.39 is 0 Å². The Balaban J connectivity index is 1.46. The molecule has 5 heteroatoms. The molecule has 0 unspecified atom stereocenters. The maximum Gasteiger partial charge on any atom is 0.289 e. The van der Waals surface area contributed by atoms with Gasteiger partial charge in [-0.25, -0.2) is 0 Å². The second-order valence-electron chi connectivity index (χ2n) is 6.02. The zero-order valence-electron chi connectivity index (χ0n) is 12.4. The summed E-state index contributed by atoms with van der Waals surface area (Å²) in [5, 5.41) is 0. The molecule has 22 heavy (non-hydrogen) atoms. The fourth-order valence-corrected chi connectivity index (χ4v) is 3.79. The normalized spacial score (nSPS) is 24.6. The van der Waals surface area contributed by atoms with Crippen LogP contribution in [-0.4, -0.2) is 45.9 Å². The van der Waals surface area contributed by atoms with Gasteiger partial charge in [0.2, 0.25) is 0 Å². The monoisotopic (exact) mass is 297 g/mol. The zero-order chi connectivity index (χ0) is 14.9. The van der Waals surface area contributed by atoms with Gasteiger partial charge in [0.05, 0.1) is 6.26 Å². The van der Waals surface area contributed by atoms with Crippen molar-refractivity contribution in [3.05, 3.63) is 54.2 Å². The van der Waals surface area contributed by atoms with Gasteiger partial charge in [0.15, 0.2) is 5.76 Å². The summed E-state index contributed by atoms with van der Waals surface area (Å²) >= 11 is 0. The van der Waals surface area contributed by atoms with E-state index in [-0.39, 0.29) is 5.91 Å².